The number of hydrogen-bond donors (Lipinski definition) is 2. The molecule has 0 aromatic heterocycles. The zero-order chi connectivity index (χ0) is 11.9. The molecular weight excluding hydrogens is 220 g/mol. The summed E-state index contributed by atoms with van der Waals surface area (Å²) in [5.41, 5.74) is 0. The number of aliphatic imine (C=N–C) groups is 1. The smallest absolute Gasteiger partial charge is 0.207 e. The van der Waals surface area contributed by atoms with E-state index in [9.17, 15) is 0 Å². The number of hydrogen-bond acceptors (Lipinski definition) is 7. The summed E-state index contributed by atoms with van der Waals surface area (Å²) in [5.74, 6) is 0.565. The highest BCUT2D eigenvalue weighted by molar-refractivity contribution is 5.81. The molecule has 7 nitrogen and oxygen atoms in total. The molecule has 2 rings (SSSR count). The molecule has 0 amide bonds. The highest BCUT2D eigenvalue weighted by Crippen LogP contribution is 1.98. The van der Waals surface area contributed by atoms with Gasteiger partial charge in [-0.2, -0.15) is 5.26 Å². The molecule has 7 heteroatoms. The molecular formula is C10H18N6O. The highest BCUT2D eigenvalue weighted by atomic mass is 16.5. The van der Waals surface area contributed by atoms with Crippen molar-refractivity contribution in [2.24, 2.45) is 4.99 Å². The van der Waals surface area contributed by atoms with Gasteiger partial charge in [-0.05, 0) is 0 Å². The quantitative estimate of drug-likeness (QED) is 0.463. The molecule has 0 unspecified atom stereocenters. The van der Waals surface area contributed by atoms with Crippen molar-refractivity contribution in [3.8, 4) is 6.19 Å². The minimum atomic E-state index is 0.565. The van der Waals surface area contributed by atoms with Gasteiger partial charge in [0.1, 0.15) is 0 Å². The van der Waals surface area contributed by atoms with Crippen molar-refractivity contribution in [1.82, 2.24) is 20.4 Å². The number of ether oxygens (including phenoxy) is 1. The first-order valence-corrected chi connectivity index (χ1v) is 5.84. The first-order valence-electron chi connectivity index (χ1n) is 5.84. The molecule has 0 saturated carbocycles. The Morgan fingerprint density at radius 1 is 1.35 bits per heavy atom. The number of rotatable bonds is 3. The Labute approximate surface area is 101 Å². The van der Waals surface area contributed by atoms with Crippen molar-refractivity contribution in [2.45, 2.75) is 0 Å². The van der Waals surface area contributed by atoms with Gasteiger partial charge in [0.25, 0.3) is 0 Å². The standard InChI is InChI=1S/C10H18N6O/c11-7-12-10-13-8-16(9-14-10)2-1-15-3-5-17-6-4-15/h1-6,8-9H2,(H2,12,13,14). The summed E-state index contributed by atoms with van der Waals surface area (Å²) in [5, 5.41) is 14.0. The van der Waals surface area contributed by atoms with E-state index in [2.05, 4.69) is 25.4 Å². The maximum Gasteiger partial charge on any atom is 0.207 e. The third-order valence-corrected chi connectivity index (χ3v) is 2.91. The molecule has 2 heterocycles. The fraction of sp³-hybridized carbons (Fsp3) is 0.800. The van der Waals surface area contributed by atoms with Crippen LogP contribution in [-0.4, -0.2) is 68.5 Å². The average Bonchev–Trinajstić information content (AvgIpc) is 2.40. The van der Waals surface area contributed by atoms with Crippen LogP contribution in [0.3, 0.4) is 0 Å². The van der Waals surface area contributed by atoms with Crippen LogP contribution in [0.1, 0.15) is 0 Å². The summed E-state index contributed by atoms with van der Waals surface area (Å²) in [4.78, 5) is 8.82. The lowest BCUT2D eigenvalue weighted by atomic mass is 10.4. The predicted octanol–water partition coefficient (Wildman–Crippen LogP) is -1.43. The van der Waals surface area contributed by atoms with Crippen molar-refractivity contribution in [2.75, 3.05) is 52.7 Å². The number of guanidine groups is 1. The zero-order valence-corrected chi connectivity index (χ0v) is 9.85. The van der Waals surface area contributed by atoms with E-state index in [0.717, 1.165) is 46.1 Å². The Bertz CT molecular complexity index is 306. The molecule has 1 saturated heterocycles. The van der Waals surface area contributed by atoms with Crippen LogP contribution in [-0.2, 0) is 4.74 Å². The largest absolute Gasteiger partial charge is 0.379 e. The van der Waals surface area contributed by atoms with Gasteiger partial charge >= 0.3 is 0 Å². The fourth-order valence-electron chi connectivity index (χ4n) is 1.86. The van der Waals surface area contributed by atoms with Gasteiger partial charge in [0.15, 0.2) is 6.19 Å². The summed E-state index contributed by atoms with van der Waals surface area (Å²) in [6.07, 6.45) is 1.85. The van der Waals surface area contributed by atoms with Gasteiger partial charge in [0.05, 0.1) is 26.6 Å². The minimum absolute atomic E-state index is 0.565. The Morgan fingerprint density at radius 2 is 2.12 bits per heavy atom. The molecule has 0 spiro atoms. The van der Waals surface area contributed by atoms with Crippen LogP contribution in [0, 0.1) is 11.5 Å². The van der Waals surface area contributed by atoms with Crippen LogP contribution in [0.5, 0.6) is 0 Å². The SMILES string of the molecule is N#CNC1=NCN(CCN2CCOCC2)CN1. The lowest BCUT2D eigenvalue weighted by Gasteiger charge is -2.31. The molecule has 2 aliphatic rings. The molecule has 17 heavy (non-hydrogen) atoms. The lowest BCUT2D eigenvalue weighted by Crippen LogP contribution is -2.50. The number of nitriles is 1. The first kappa shape index (κ1) is 12.1. The average molecular weight is 238 g/mol. The molecule has 0 aromatic rings. The number of nitrogens with zero attached hydrogens (tertiary/aromatic N) is 4. The molecule has 0 radical (unpaired) electrons. The molecule has 0 bridgehead atoms. The summed E-state index contributed by atoms with van der Waals surface area (Å²) >= 11 is 0. The summed E-state index contributed by atoms with van der Waals surface area (Å²) in [7, 11) is 0. The Kier molecular flexibility index (Phi) is 4.55. The van der Waals surface area contributed by atoms with E-state index in [0.29, 0.717) is 12.6 Å². The Morgan fingerprint density at radius 3 is 2.76 bits per heavy atom. The molecule has 0 aliphatic carbocycles. The van der Waals surface area contributed by atoms with E-state index >= 15 is 0 Å². The second-order valence-corrected chi connectivity index (χ2v) is 4.07. The molecule has 2 N–H and O–H groups in total. The van der Waals surface area contributed by atoms with Gasteiger partial charge in [0.2, 0.25) is 5.96 Å². The second kappa shape index (κ2) is 6.39. The predicted molar refractivity (Wildman–Crippen MR) is 63.0 cm³/mol. The van der Waals surface area contributed by atoms with Gasteiger partial charge in [-0.1, -0.05) is 0 Å². The molecule has 2 aliphatic heterocycles. The van der Waals surface area contributed by atoms with Crippen LogP contribution in [0.25, 0.3) is 0 Å². The van der Waals surface area contributed by atoms with Gasteiger partial charge in [-0.15, -0.1) is 0 Å². The van der Waals surface area contributed by atoms with Crippen molar-refractivity contribution < 1.29 is 4.74 Å². The molecule has 1 fully saturated rings. The topological polar surface area (TPSA) is 75.9 Å². The number of morpholine rings is 1. The second-order valence-electron chi connectivity index (χ2n) is 4.07. The summed E-state index contributed by atoms with van der Waals surface area (Å²) in [6.45, 7) is 7.12. The van der Waals surface area contributed by atoms with E-state index in [1.807, 2.05) is 6.19 Å². The molecule has 94 valence electrons. The van der Waals surface area contributed by atoms with Crippen molar-refractivity contribution in [3.63, 3.8) is 0 Å². The third kappa shape index (κ3) is 3.85. The van der Waals surface area contributed by atoms with Gasteiger partial charge < -0.3 is 10.1 Å². The maximum absolute atomic E-state index is 8.44. The van der Waals surface area contributed by atoms with Crippen molar-refractivity contribution in [1.29, 1.82) is 5.26 Å². The minimum Gasteiger partial charge on any atom is -0.379 e. The number of nitrogens with one attached hydrogen (secondary N) is 2. The van der Waals surface area contributed by atoms with Gasteiger partial charge in [-0.25, -0.2) is 4.99 Å². The normalized spacial score (nSPS) is 22.4. The van der Waals surface area contributed by atoms with Crippen LogP contribution in [0.15, 0.2) is 4.99 Å². The van der Waals surface area contributed by atoms with E-state index < -0.39 is 0 Å². The van der Waals surface area contributed by atoms with Crippen LogP contribution in [0.4, 0.5) is 0 Å². The van der Waals surface area contributed by atoms with Crippen molar-refractivity contribution >= 4 is 5.96 Å². The first-order chi connectivity index (χ1) is 8.38. The maximum atomic E-state index is 8.44. The van der Waals surface area contributed by atoms with Crippen LogP contribution < -0.4 is 10.6 Å². The summed E-state index contributed by atoms with van der Waals surface area (Å²) in [6, 6.07) is 0. The van der Waals surface area contributed by atoms with E-state index in [1.165, 1.54) is 0 Å². The Hall–Kier alpha value is -1.36. The third-order valence-electron chi connectivity index (χ3n) is 2.91. The monoisotopic (exact) mass is 238 g/mol. The fourth-order valence-corrected chi connectivity index (χ4v) is 1.86. The highest BCUT2D eigenvalue weighted by Gasteiger charge is 2.14. The van der Waals surface area contributed by atoms with Crippen LogP contribution >= 0.6 is 0 Å². The van der Waals surface area contributed by atoms with Gasteiger partial charge in [-0.3, -0.25) is 15.1 Å². The summed E-state index contributed by atoms with van der Waals surface area (Å²) < 4.78 is 5.30. The lowest BCUT2D eigenvalue weighted by molar-refractivity contribution is 0.0331. The van der Waals surface area contributed by atoms with Gasteiger partial charge in [0, 0.05) is 26.2 Å². The van der Waals surface area contributed by atoms with Crippen molar-refractivity contribution in [3.05, 3.63) is 0 Å². The molecule has 0 aromatic carbocycles. The van der Waals surface area contributed by atoms with E-state index in [-0.39, 0.29) is 0 Å². The van der Waals surface area contributed by atoms with Crippen LogP contribution in [0.2, 0.25) is 0 Å². The zero-order valence-electron chi connectivity index (χ0n) is 9.85. The van der Waals surface area contributed by atoms with E-state index in [4.69, 9.17) is 10.00 Å². The Balaban J connectivity index is 1.66. The van der Waals surface area contributed by atoms with E-state index in [1.54, 1.807) is 0 Å². The molecule has 0 atom stereocenters.